The van der Waals surface area contributed by atoms with Gasteiger partial charge in [-0.15, -0.1) is 0 Å². The van der Waals surface area contributed by atoms with Crippen molar-refractivity contribution in [3.63, 3.8) is 0 Å². The van der Waals surface area contributed by atoms with Gasteiger partial charge >= 0.3 is 0 Å². The molecule has 0 aromatic carbocycles. The van der Waals surface area contributed by atoms with Crippen LogP contribution in [0.5, 0.6) is 0 Å². The van der Waals surface area contributed by atoms with Gasteiger partial charge in [-0.05, 0) is 13.8 Å². The Morgan fingerprint density at radius 2 is 1.00 bits per heavy atom. The Balaban J connectivity index is -0.0000000400. The third-order valence-electron chi connectivity index (χ3n) is 0. The van der Waals surface area contributed by atoms with E-state index in [9.17, 15) is 0 Å². The van der Waals surface area contributed by atoms with E-state index in [1.165, 1.54) is 0 Å². The van der Waals surface area contributed by atoms with Gasteiger partial charge in [-0.1, -0.05) is 0 Å². The summed E-state index contributed by atoms with van der Waals surface area (Å²) in [6.07, 6.45) is 0. The summed E-state index contributed by atoms with van der Waals surface area (Å²) in [4.78, 5) is 0. The topological polar surface area (TPSA) is 40.5 Å². The molecule has 2 N–H and O–H groups in total. The Bertz CT molecular complexity index is 11.7. The summed E-state index contributed by atoms with van der Waals surface area (Å²) in [5.41, 5.74) is 0. The zero-order valence-electron chi connectivity index (χ0n) is 4.62. The summed E-state index contributed by atoms with van der Waals surface area (Å²) in [6.45, 7) is 3.86. The fourth-order valence-corrected chi connectivity index (χ4v) is 0. The molecule has 0 aromatic rings. The van der Waals surface area contributed by atoms with Crippen LogP contribution in [-0.2, 0) is 21.1 Å². The minimum Gasteiger partial charge on any atom is -0.397 e. The molecule has 0 saturated carbocycles. The van der Waals surface area contributed by atoms with Crippen LogP contribution < -0.4 is 0 Å². The number of hydrogen-bond donors (Lipinski definition) is 2. The second-order valence-corrected chi connectivity index (χ2v) is 0.632. The van der Waals surface area contributed by atoms with Gasteiger partial charge in [0.1, 0.15) is 0 Å². The molecule has 0 aliphatic carbocycles. The molecule has 0 amide bonds. The van der Waals surface area contributed by atoms with E-state index < -0.39 is 0 Å². The Morgan fingerprint density at radius 1 is 1.00 bits per heavy atom. The third kappa shape index (κ3) is 379. The number of aliphatic hydroxyl groups is 2. The molecule has 0 aromatic heterocycles. The molecule has 0 atom stereocenters. The Kier molecular flexibility index (Phi) is 68.3. The predicted molar refractivity (Wildman–Crippen MR) is 25.5 cm³/mol. The van der Waals surface area contributed by atoms with E-state index in [-0.39, 0.29) is 34.3 Å². The zero-order valence-corrected chi connectivity index (χ0v) is 6.90. The minimum atomic E-state index is 0. The fraction of sp³-hybridized carbons (Fsp3) is 1.00. The molecule has 0 aliphatic heterocycles. The van der Waals surface area contributed by atoms with Crippen molar-refractivity contribution in [2.24, 2.45) is 0 Å². The van der Waals surface area contributed by atoms with Crippen LogP contribution in [0.15, 0.2) is 0 Å². The van der Waals surface area contributed by atoms with Gasteiger partial charge in [-0.2, -0.15) is 0 Å². The fourth-order valence-electron chi connectivity index (χ4n) is 0. The molecular weight excluding hydrogens is 275 g/mol. The van der Waals surface area contributed by atoms with Crippen LogP contribution in [0.2, 0.25) is 0 Å². The summed E-state index contributed by atoms with van der Waals surface area (Å²) in [5, 5.41) is 15.1. The molecule has 0 unspecified atom stereocenters. The first kappa shape index (κ1) is 15.6. The SMILES string of the molecule is CCO.CCO.[Pt]. The van der Waals surface area contributed by atoms with Crippen molar-refractivity contribution in [1.82, 2.24) is 0 Å². The van der Waals surface area contributed by atoms with Gasteiger partial charge < -0.3 is 10.2 Å². The maximum Gasteiger partial charge on any atom is 0.0402 e. The molecule has 0 saturated heterocycles. The predicted octanol–water partition coefficient (Wildman–Crippen LogP) is -0.00530. The molecule has 0 rings (SSSR count). The summed E-state index contributed by atoms with van der Waals surface area (Å²) in [6, 6.07) is 0. The van der Waals surface area contributed by atoms with Gasteiger partial charge in [-0.25, -0.2) is 0 Å². The van der Waals surface area contributed by atoms with Crippen molar-refractivity contribution in [3.05, 3.63) is 0 Å². The van der Waals surface area contributed by atoms with E-state index in [1.54, 1.807) is 13.8 Å². The quantitative estimate of drug-likeness (QED) is 0.658. The van der Waals surface area contributed by atoms with E-state index in [4.69, 9.17) is 10.2 Å². The van der Waals surface area contributed by atoms with E-state index in [1.807, 2.05) is 0 Å². The average Bonchev–Trinajstić information content (AvgIpc) is 1.39. The standard InChI is InChI=1S/2C2H6O.Pt/c2*1-2-3;/h2*3H,2H2,1H3;. The van der Waals surface area contributed by atoms with Crippen molar-refractivity contribution >= 4 is 0 Å². The van der Waals surface area contributed by atoms with Crippen molar-refractivity contribution < 1.29 is 31.3 Å². The molecule has 50 valence electrons. The summed E-state index contributed by atoms with van der Waals surface area (Å²) >= 11 is 0. The molecule has 0 heterocycles. The summed E-state index contributed by atoms with van der Waals surface area (Å²) < 4.78 is 0. The van der Waals surface area contributed by atoms with Gasteiger partial charge in [0.2, 0.25) is 0 Å². The van der Waals surface area contributed by atoms with Crippen LogP contribution in [0.3, 0.4) is 0 Å². The molecule has 7 heavy (non-hydrogen) atoms. The van der Waals surface area contributed by atoms with Gasteiger partial charge in [0, 0.05) is 34.3 Å². The first-order valence-corrected chi connectivity index (χ1v) is 2.05. The Labute approximate surface area is 58.8 Å². The molecule has 2 nitrogen and oxygen atoms in total. The van der Waals surface area contributed by atoms with Gasteiger partial charge in [0.05, 0.1) is 0 Å². The maximum absolute atomic E-state index is 7.57. The second-order valence-electron chi connectivity index (χ2n) is 0.632. The van der Waals surface area contributed by atoms with Crippen LogP contribution in [-0.4, -0.2) is 23.4 Å². The van der Waals surface area contributed by atoms with Crippen LogP contribution in [0.1, 0.15) is 13.8 Å². The van der Waals surface area contributed by atoms with Crippen molar-refractivity contribution in [3.8, 4) is 0 Å². The molecule has 0 bridgehead atoms. The monoisotopic (exact) mass is 287 g/mol. The number of rotatable bonds is 0. The van der Waals surface area contributed by atoms with E-state index in [0.29, 0.717) is 0 Å². The van der Waals surface area contributed by atoms with Crippen LogP contribution in [0.4, 0.5) is 0 Å². The van der Waals surface area contributed by atoms with Crippen LogP contribution >= 0.6 is 0 Å². The number of hydrogen-bond acceptors (Lipinski definition) is 2. The molecule has 0 radical (unpaired) electrons. The van der Waals surface area contributed by atoms with Crippen molar-refractivity contribution in [1.29, 1.82) is 0 Å². The van der Waals surface area contributed by atoms with Gasteiger partial charge in [-0.3, -0.25) is 0 Å². The Morgan fingerprint density at radius 3 is 1.00 bits per heavy atom. The minimum absolute atomic E-state index is 0. The smallest absolute Gasteiger partial charge is 0.0402 e. The van der Waals surface area contributed by atoms with Gasteiger partial charge in [0.15, 0.2) is 0 Å². The molecular formula is C4H12O2Pt. The van der Waals surface area contributed by atoms with Crippen LogP contribution in [0.25, 0.3) is 0 Å². The van der Waals surface area contributed by atoms with E-state index in [2.05, 4.69) is 0 Å². The Hall–Kier alpha value is 0.608. The average molecular weight is 287 g/mol. The van der Waals surface area contributed by atoms with E-state index >= 15 is 0 Å². The van der Waals surface area contributed by atoms with Crippen molar-refractivity contribution in [2.75, 3.05) is 13.2 Å². The largest absolute Gasteiger partial charge is 0.397 e. The molecule has 0 fully saturated rings. The van der Waals surface area contributed by atoms with Crippen LogP contribution in [0, 0.1) is 0 Å². The first-order valence-electron chi connectivity index (χ1n) is 2.05. The maximum atomic E-state index is 7.57. The normalized spacial score (nSPS) is 5.14. The third-order valence-corrected chi connectivity index (χ3v) is 0. The second kappa shape index (κ2) is 30.6. The summed E-state index contributed by atoms with van der Waals surface area (Å²) in [7, 11) is 0. The van der Waals surface area contributed by atoms with E-state index in [0.717, 1.165) is 0 Å². The molecule has 3 heteroatoms. The first-order chi connectivity index (χ1) is 2.83. The zero-order chi connectivity index (χ0) is 5.41. The van der Waals surface area contributed by atoms with Gasteiger partial charge in [0.25, 0.3) is 0 Å². The summed E-state index contributed by atoms with van der Waals surface area (Å²) in [5.74, 6) is 0. The number of aliphatic hydroxyl groups excluding tert-OH is 2. The molecule has 0 aliphatic rings. The van der Waals surface area contributed by atoms with Crippen molar-refractivity contribution in [2.45, 2.75) is 13.8 Å². The molecule has 0 spiro atoms.